The Morgan fingerprint density at radius 2 is 1.71 bits per heavy atom. The zero-order valence-corrected chi connectivity index (χ0v) is 17.2. The largest absolute Gasteiger partial charge is 1.00 e. The molecule has 0 saturated heterocycles. The molecule has 6 heteroatoms. The molecule has 17 heavy (non-hydrogen) atoms. The van der Waals surface area contributed by atoms with E-state index in [1.165, 1.54) is 0 Å². The Morgan fingerprint density at radius 3 is 2.06 bits per heavy atom. The van der Waals surface area contributed by atoms with E-state index < -0.39 is 23.2 Å². The van der Waals surface area contributed by atoms with Crippen LogP contribution in [0.3, 0.4) is 0 Å². The van der Waals surface area contributed by atoms with Crippen LogP contribution in [-0.2, 0) is 9.53 Å². The summed E-state index contributed by atoms with van der Waals surface area (Å²) in [5, 5.41) is 13.5. The van der Waals surface area contributed by atoms with Crippen LogP contribution < -0.4 is 79.3 Å². The van der Waals surface area contributed by atoms with Crippen LogP contribution in [0.5, 0.6) is 0 Å². The molecule has 1 N–H and O–H groups in total. The van der Waals surface area contributed by atoms with Gasteiger partial charge < -0.3 is 20.0 Å². The average molecular weight is 361 g/mol. The summed E-state index contributed by atoms with van der Waals surface area (Å²) in [5.41, 5.74) is -1.86. The zero-order chi connectivity index (χ0) is 12.4. The molecule has 0 aromatic carbocycles. The van der Waals surface area contributed by atoms with Gasteiger partial charge in [0.25, 0.3) is 0 Å². The third-order valence-electron chi connectivity index (χ3n) is 2.59. The second-order valence-electron chi connectivity index (χ2n) is 5.20. The number of carbonyl (C=O) groups excluding carboxylic acids is 2. The van der Waals surface area contributed by atoms with E-state index >= 15 is 0 Å². The Morgan fingerprint density at radius 1 is 1.24 bits per heavy atom. The predicted octanol–water partition coefficient (Wildman–Crippen LogP) is -2.42. The topological polar surface area (TPSA) is 78.5 Å². The summed E-state index contributed by atoms with van der Waals surface area (Å²) in [6, 6.07) is 0. The number of rotatable bonds is 2. The fraction of sp³-hybridized carbons (Fsp3) is 0.818. The van der Waals surface area contributed by atoms with Crippen LogP contribution in [0.2, 0.25) is 0 Å². The predicted molar refractivity (Wildman–Crippen MR) is 55.6 cm³/mol. The molecule has 0 aliphatic heterocycles. The van der Waals surface area contributed by atoms with Gasteiger partial charge in [-0.25, -0.2) is 4.79 Å². The molecule has 0 spiro atoms. The van der Waals surface area contributed by atoms with E-state index in [9.17, 15) is 14.7 Å². The molecule has 0 atom stereocenters. The van der Waals surface area contributed by atoms with Gasteiger partial charge in [0.15, 0.2) is 0 Å². The van der Waals surface area contributed by atoms with Gasteiger partial charge in [0, 0.05) is 0 Å². The maximum absolute atomic E-state index is 11.5. The summed E-state index contributed by atoms with van der Waals surface area (Å²) in [5.74, 6) is -1.23. The van der Waals surface area contributed by atoms with Crippen LogP contribution in [0, 0.1) is 0 Å². The first kappa shape index (κ1) is 17.8. The van der Waals surface area contributed by atoms with Crippen LogP contribution in [0.1, 0.15) is 46.5 Å². The Hall–Kier alpha value is 0.792. The minimum atomic E-state index is -1.23. The van der Waals surface area contributed by atoms with Gasteiger partial charge in [0.1, 0.15) is 5.60 Å². The number of nitrogens with one attached hydrogen (secondary N) is 1. The Balaban J connectivity index is 0.00000256. The van der Waals surface area contributed by atoms with Gasteiger partial charge in [-0.05, 0) is 33.6 Å². The fourth-order valence-electron chi connectivity index (χ4n) is 1.86. The van der Waals surface area contributed by atoms with Crippen molar-refractivity contribution in [3.05, 3.63) is 0 Å². The van der Waals surface area contributed by atoms with E-state index in [-0.39, 0.29) is 68.9 Å². The minimum Gasteiger partial charge on any atom is -0.548 e. The number of amides is 1. The van der Waals surface area contributed by atoms with Crippen LogP contribution in [-0.4, -0.2) is 23.2 Å². The van der Waals surface area contributed by atoms with Gasteiger partial charge in [0.2, 0.25) is 0 Å². The average Bonchev–Trinajstić information content (AvgIpc) is 2.49. The molecule has 92 valence electrons. The summed E-state index contributed by atoms with van der Waals surface area (Å²) in [4.78, 5) is 22.5. The molecule has 0 aromatic heterocycles. The Kier molecular flexibility index (Phi) is 7.13. The zero-order valence-electron chi connectivity index (χ0n) is 11.0. The van der Waals surface area contributed by atoms with Crippen molar-refractivity contribution in [2.45, 2.75) is 57.6 Å². The van der Waals surface area contributed by atoms with Gasteiger partial charge in [0.05, 0.1) is 11.5 Å². The molecule has 1 rings (SSSR count). The number of carbonyl (C=O) groups is 2. The van der Waals surface area contributed by atoms with Crippen molar-refractivity contribution in [2.24, 2.45) is 0 Å². The van der Waals surface area contributed by atoms with Gasteiger partial charge >= 0.3 is 75.0 Å². The first-order valence-corrected chi connectivity index (χ1v) is 5.48. The molecule has 5 nitrogen and oxygen atoms in total. The number of carboxylic acids is 1. The number of ether oxygens (including phenoxy) is 1. The normalized spacial score (nSPS) is 18.1. The fourth-order valence-corrected chi connectivity index (χ4v) is 1.86. The maximum atomic E-state index is 11.5. The number of hydrogen-bond acceptors (Lipinski definition) is 4. The summed E-state index contributed by atoms with van der Waals surface area (Å²) in [6.45, 7) is 5.19. The van der Waals surface area contributed by atoms with Crippen molar-refractivity contribution >= 4 is 12.1 Å². The van der Waals surface area contributed by atoms with Crippen LogP contribution in [0.4, 0.5) is 4.79 Å². The molecule has 1 amide bonds. The van der Waals surface area contributed by atoms with Crippen molar-refractivity contribution in [1.29, 1.82) is 0 Å². The van der Waals surface area contributed by atoms with Gasteiger partial charge in [-0.1, -0.05) is 12.8 Å². The van der Waals surface area contributed by atoms with Crippen molar-refractivity contribution in [2.75, 3.05) is 0 Å². The van der Waals surface area contributed by atoms with E-state index in [1.54, 1.807) is 20.8 Å². The number of aliphatic carboxylic acids is 1. The third-order valence-corrected chi connectivity index (χ3v) is 2.59. The standard InChI is InChI=1S/C11H19NO4.Cs/c1-10(2,3)16-9(15)12-11(8(13)14)6-4-5-7-11;/h4-7H2,1-3H3,(H,12,15)(H,13,14);/q;+1/p-1. The second-order valence-corrected chi connectivity index (χ2v) is 5.20. The molecule has 0 unspecified atom stereocenters. The molecule has 0 heterocycles. The molecule has 1 fully saturated rings. The summed E-state index contributed by atoms with van der Waals surface area (Å²) < 4.78 is 5.03. The van der Waals surface area contributed by atoms with E-state index in [4.69, 9.17) is 4.74 Å². The van der Waals surface area contributed by atoms with E-state index in [1.807, 2.05) is 0 Å². The molecule has 0 bridgehead atoms. The van der Waals surface area contributed by atoms with Crippen LogP contribution in [0.25, 0.3) is 0 Å². The molecule has 0 aromatic rings. The van der Waals surface area contributed by atoms with Gasteiger partial charge in [-0.2, -0.15) is 0 Å². The van der Waals surface area contributed by atoms with E-state index in [0.717, 1.165) is 12.8 Å². The maximum Gasteiger partial charge on any atom is 1.00 e. The Bertz CT molecular complexity index is 292. The first-order valence-electron chi connectivity index (χ1n) is 5.48. The summed E-state index contributed by atoms with van der Waals surface area (Å²) in [7, 11) is 0. The van der Waals surface area contributed by atoms with Crippen LogP contribution in [0.15, 0.2) is 0 Å². The molecule has 1 aliphatic carbocycles. The Labute approximate surface area is 160 Å². The molecule has 1 saturated carbocycles. The second kappa shape index (κ2) is 6.81. The quantitative estimate of drug-likeness (QED) is 0.594. The smallest absolute Gasteiger partial charge is 0.548 e. The summed E-state index contributed by atoms with van der Waals surface area (Å²) >= 11 is 0. The summed E-state index contributed by atoms with van der Waals surface area (Å²) in [6.07, 6.45) is 1.69. The monoisotopic (exact) mass is 361 g/mol. The third kappa shape index (κ3) is 5.52. The van der Waals surface area contributed by atoms with E-state index in [0.29, 0.717) is 12.8 Å². The number of alkyl carbamates (subject to hydrolysis) is 1. The molecular formula is C11H18CsNO4. The molecular weight excluding hydrogens is 343 g/mol. The number of hydrogen-bond donors (Lipinski definition) is 1. The van der Waals surface area contributed by atoms with Gasteiger partial charge in [-0.3, -0.25) is 0 Å². The number of carboxylic acid groups (broad SMARTS) is 1. The minimum absolute atomic E-state index is 0. The van der Waals surface area contributed by atoms with Crippen molar-refractivity contribution in [1.82, 2.24) is 5.32 Å². The molecule has 1 aliphatic rings. The SMILES string of the molecule is CC(C)(C)OC(=O)NC1(C(=O)[O-])CCCC1.[Cs+]. The van der Waals surface area contributed by atoms with E-state index in [2.05, 4.69) is 5.32 Å². The van der Waals surface area contributed by atoms with Crippen molar-refractivity contribution < 1.29 is 88.3 Å². The van der Waals surface area contributed by atoms with Crippen LogP contribution >= 0.6 is 0 Å². The van der Waals surface area contributed by atoms with Crippen molar-refractivity contribution in [3.63, 3.8) is 0 Å². The van der Waals surface area contributed by atoms with Crippen molar-refractivity contribution in [3.8, 4) is 0 Å². The molecule has 0 radical (unpaired) electrons. The first-order chi connectivity index (χ1) is 7.25. The van der Waals surface area contributed by atoms with Gasteiger partial charge in [-0.15, -0.1) is 0 Å².